The van der Waals surface area contributed by atoms with E-state index in [1.165, 1.54) is 28.1 Å². The van der Waals surface area contributed by atoms with Crippen LogP contribution in [0.15, 0.2) is 24.8 Å². The Morgan fingerprint density at radius 3 is 1.21 bits per heavy atom. The van der Waals surface area contributed by atoms with Crippen molar-refractivity contribution in [3.05, 3.63) is 32.6 Å². The van der Waals surface area contributed by atoms with Gasteiger partial charge in [-0.05, 0) is 0 Å². The van der Waals surface area contributed by atoms with Gasteiger partial charge >= 0.3 is 155 Å². The van der Waals surface area contributed by atoms with Crippen molar-refractivity contribution >= 4 is 27.0 Å². The molecule has 2 rings (SSSR count). The second-order valence-electron chi connectivity index (χ2n) is 5.73. The molecule has 0 unspecified atom stereocenters. The van der Waals surface area contributed by atoms with Crippen molar-refractivity contribution in [2.45, 2.75) is 26.9 Å². The Morgan fingerprint density at radius 2 is 1.00 bits per heavy atom. The van der Waals surface area contributed by atoms with Crippen molar-refractivity contribution in [3.8, 4) is 12.1 Å². The summed E-state index contributed by atoms with van der Waals surface area (Å²) in [6, 6.07) is 3.50. The summed E-state index contributed by atoms with van der Waals surface area (Å²) in [5.74, 6) is -0.601. The van der Waals surface area contributed by atoms with Crippen molar-refractivity contribution in [1.82, 2.24) is 18.3 Å². The number of hydrogen-bond acceptors (Lipinski definition) is 6. The van der Waals surface area contributed by atoms with Gasteiger partial charge in [-0.25, -0.2) is 0 Å². The fourth-order valence-electron chi connectivity index (χ4n) is 1.89. The first-order valence-electron chi connectivity index (χ1n) is 9.53. The number of halogens is 8. The van der Waals surface area contributed by atoms with Gasteiger partial charge in [0.2, 0.25) is 0 Å². The quantitative estimate of drug-likeness (QED) is 0.194. The molecule has 0 fully saturated rings. The number of nitriles is 2. The third kappa shape index (κ3) is 24.7. The minimum absolute atomic E-state index is 0. The number of carbonyl (C=O) groups is 2. The first-order chi connectivity index (χ1) is 17.2. The van der Waals surface area contributed by atoms with Gasteiger partial charge in [0, 0.05) is 13.8 Å². The smallest absolute Gasteiger partial charge is 0.762 e. The first-order valence-corrected chi connectivity index (χ1v) is 11.1. The molecule has 0 saturated carbocycles. The minimum Gasteiger partial charge on any atom is -1.00 e. The maximum Gasteiger partial charge on any atom is 0.762 e. The number of esters is 2. The van der Waals surface area contributed by atoms with Gasteiger partial charge in [0.05, 0.1) is 12.1 Å². The number of methoxy groups -OCH3 is 2. The van der Waals surface area contributed by atoms with E-state index in [0.717, 1.165) is 7.78 Å². The summed E-state index contributed by atoms with van der Waals surface area (Å²) < 4.78 is 77.1. The van der Waals surface area contributed by atoms with E-state index < -0.39 is 15.1 Å². The van der Waals surface area contributed by atoms with Crippen LogP contribution in [0.2, 0.25) is 0 Å². The molecule has 0 bridgehead atoms. The van der Waals surface area contributed by atoms with Gasteiger partial charge in [-0.15, -0.1) is 0 Å². The number of hydrogen-bond donors (Lipinski definition) is 0. The fraction of sp³-hybridized carbons (Fsp3) is 0.444. The van der Waals surface area contributed by atoms with Crippen molar-refractivity contribution in [2.24, 2.45) is 14.1 Å². The SMILES string of the molecule is CC#N.CC#N.COC(=O)Cn1ccn(C)[c]1=[Pd]=[c]1n(C)ccn1CC(=O)OC.FB(F)F.FB(F)F.[F-].[F-]. The van der Waals surface area contributed by atoms with Crippen LogP contribution in [-0.2, 0) is 63.3 Å². The third-order valence-electron chi connectivity index (χ3n) is 3.11. The molecule has 0 amide bonds. The zero-order chi connectivity index (χ0) is 29.6. The molecule has 39 heavy (non-hydrogen) atoms. The monoisotopic (exact) mass is 670 g/mol. The summed E-state index contributed by atoms with van der Waals surface area (Å²) in [5.41, 5.74) is 0. The molecular formula is C18H26B2F8N6O4Pd-2. The fourth-order valence-corrected chi connectivity index (χ4v) is 3.91. The number of imidazole rings is 2. The van der Waals surface area contributed by atoms with Crippen molar-refractivity contribution in [2.75, 3.05) is 14.2 Å². The summed E-state index contributed by atoms with van der Waals surface area (Å²) in [7, 11) is -0.737. The van der Waals surface area contributed by atoms with Gasteiger partial charge < -0.3 is 9.41 Å². The summed E-state index contributed by atoms with van der Waals surface area (Å²) in [6.45, 7) is 3.18. The van der Waals surface area contributed by atoms with Gasteiger partial charge in [-0.3, -0.25) is 25.9 Å². The molecule has 2 heterocycles. The Kier molecular flexibility index (Phi) is 32.2. The van der Waals surface area contributed by atoms with E-state index in [1.807, 2.05) is 57.2 Å². The molecule has 0 aliphatic carbocycles. The second kappa shape index (κ2) is 27.6. The van der Waals surface area contributed by atoms with E-state index in [4.69, 9.17) is 20.0 Å². The normalized spacial score (nSPS) is 8.15. The van der Waals surface area contributed by atoms with E-state index in [2.05, 4.69) is 0 Å². The van der Waals surface area contributed by atoms with Crippen molar-refractivity contribution < 1.29 is 71.4 Å². The second-order valence-corrected chi connectivity index (χ2v) is 7.51. The molecule has 0 aliphatic rings. The topological polar surface area (TPSA) is 120 Å². The summed E-state index contributed by atoms with van der Waals surface area (Å²) in [5, 5.41) is 14.6. The van der Waals surface area contributed by atoms with Crippen LogP contribution in [0.5, 0.6) is 0 Å². The number of rotatable bonds is 4. The summed E-state index contributed by atoms with van der Waals surface area (Å²) in [4.78, 5) is 23.1. The Morgan fingerprint density at radius 1 is 0.769 bits per heavy atom. The molecule has 226 valence electrons. The average Bonchev–Trinajstić information content (AvgIpc) is 3.31. The Labute approximate surface area is 227 Å². The summed E-state index contributed by atoms with van der Waals surface area (Å²) in [6.07, 6.45) is 7.48. The van der Waals surface area contributed by atoms with Gasteiger partial charge in [0.15, 0.2) is 0 Å². The molecule has 0 atom stereocenters. The molecule has 0 aromatic carbocycles. The van der Waals surface area contributed by atoms with Gasteiger partial charge in [-0.2, -0.15) is 10.5 Å². The van der Waals surface area contributed by atoms with Crippen LogP contribution in [0.1, 0.15) is 13.8 Å². The molecule has 2 aromatic heterocycles. The van der Waals surface area contributed by atoms with E-state index in [9.17, 15) is 35.5 Å². The van der Waals surface area contributed by atoms with E-state index >= 15 is 0 Å². The molecule has 0 N–H and O–H groups in total. The Hall–Kier alpha value is -3.43. The molecule has 21 heteroatoms. The first kappa shape index (κ1) is 45.5. The van der Waals surface area contributed by atoms with Crippen LogP contribution in [-0.4, -0.2) is 59.5 Å². The Balaban J connectivity index is -0.000000202. The molecule has 0 spiro atoms. The number of aromatic nitrogens is 4. The van der Waals surface area contributed by atoms with E-state index in [1.54, 1.807) is 12.1 Å². The van der Waals surface area contributed by atoms with Crippen LogP contribution in [0.4, 0.5) is 25.9 Å². The molecule has 10 nitrogen and oxygen atoms in total. The standard InChI is InChI=1S/2C7H10N2O2.2C2H3N.2BF3.2FH.Pd/c2*1-8-3-4-9(6-8)5-7(10)11-2;2*1-2-3;2*2-1(3)4;;;/h2*3-4H,5H2,1-2H3;2*1H3;;;2*1H;/p-2. The predicted molar refractivity (Wildman–Crippen MR) is 118 cm³/mol. The number of nitrogens with zero attached hydrogens (tertiary/aromatic N) is 6. The van der Waals surface area contributed by atoms with Gasteiger partial charge in [0.25, 0.3) is 0 Å². The van der Waals surface area contributed by atoms with Gasteiger partial charge in [-0.1, -0.05) is 0 Å². The molecule has 2 aromatic rings. The van der Waals surface area contributed by atoms with Crippen molar-refractivity contribution in [1.29, 1.82) is 10.5 Å². The predicted octanol–water partition coefficient (Wildman–Crippen LogP) is -3.01. The van der Waals surface area contributed by atoms with Crippen LogP contribution >= 0.6 is 0 Å². The zero-order valence-corrected chi connectivity index (χ0v) is 23.1. The zero-order valence-electron chi connectivity index (χ0n) is 21.5. The molecule has 0 radical (unpaired) electrons. The van der Waals surface area contributed by atoms with Crippen LogP contribution in [0, 0.1) is 30.4 Å². The largest absolute Gasteiger partial charge is 1.00 e. The van der Waals surface area contributed by atoms with Crippen LogP contribution in [0.3, 0.4) is 0 Å². The molecule has 0 saturated heterocycles. The molecular weight excluding hydrogens is 644 g/mol. The minimum atomic E-state index is -3.67. The Bertz CT molecular complexity index is 1080. The third-order valence-corrected chi connectivity index (χ3v) is 5.80. The van der Waals surface area contributed by atoms with E-state index in [0.29, 0.717) is 0 Å². The van der Waals surface area contributed by atoms with Crippen LogP contribution < -0.4 is 9.41 Å². The number of carbonyl (C=O) groups excluding carboxylic acids is 2. The number of aryl methyl sites for hydroxylation is 2. The van der Waals surface area contributed by atoms with Crippen molar-refractivity contribution in [3.63, 3.8) is 0 Å². The maximum atomic E-state index is 11.5. The summed E-state index contributed by atoms with van der Waals surface area (Å²) >= 11 is 0.0213. The van der Waals surface area contributed by atoms with Crippen LogP contribution in [0.25, 0.3) is 0 Å². The van der Waals surface area contributed by atoms with E-state index in [-0.39, 0.29) is 51.5 Å². The number of ether oxygens (including phenoxy) is 2. The van der Waals surface area contributed by atoms with Gasteiger partial charge in [0.1, 0.15) is 0 Å². The maximum absolute atomic E-state index is 11.5. The molecule has 0 aliphatic heterocycles. The average molecular weight is 670 g/mol.